The monoisotopic (exact) mass is 818 g/mol. The molecule has 0 radical (unpaired) electrons. The van der Waals surface area contributed by atoms with Gasteiger partial charge in [-0.25, -0.2) is 28.1 Å². The van der Waals surface area contributed by atoms with E-state index in [1.54, 1.807) is 35.2 Å². The number of nitrogens with zero attached hydrogens (tertiary/aromatic N) is 5. The highest BCUT2D eigenvalue weighted by atomic mass is 19.1. The highest BCUT2D eigenvalue weighted by molar-refractivity contribution is 6.10. The normalized spacial score (nSPS) is 11.5. The largest absolute Gasteiger partial charge is 0.493 e. The maximum absolute atomic E-state index is 16.1. The molecule has 3 N–H and O–H groups in total. The molecule has 0 aliphatic carbocycles. The van der Waals surface area contributed by atoms with Gasteiger partial charge in [-0.05, 0) is 67.4 Å². The van der Waals surface area contributed by atoms with E-state index in [1.807, 2.05) is 6.92 Å². The molecule has 0 unspecified atom stereocenters. The van der Waals surface area contributed by atoms with Crippen LogP contribution in [-0.4, -0.2) is 71.1 Å². The molecule has 0 fully saturated rings. The Morgan fingerprint density at radius 1 is 0.650 bits per heavy atom. The van der Waals surface area contributed by atoms with Crippen molar-refractivity contribution >= 4 is 60.9 Å². The number of pyridine rings is 2. The molecular formula is C44H44F2N8O6. The van der Waals surface area contributed by atoms with Crippen LogP contribution in [0.15, 0.2) is 76.3 Å². The van der Waals surface area contributed by atoms with E-state index in [0.717, 1.165) is 19.3 Å². The highest BCUT2D eigenvalue weighted by Crippen LogP contribution is 2.40. The number of aromatic amines is 2. The molecule has 60 heavy (non-hydrogen) atoms. The van der Waals surface area contributed by atoms with Gasteiger partial charge in [-0.2, -0.15) is 0 Å². The van der Waals surface area contributed by atoms with Gasteiger partial charge in [-0.1, -0.05) is 26.7 Å². The van der Waals surface area contributed by atoms with Gasteiger partial charge < -0.3 is 29.2 Å². The number of rotatable bonds is 15. The lowest BCUT2D eigenvalue weighted by molar-refractivity contribution is 0.356. The van der Waals surface area contributed by atoms with Crippen molar-refractivity contribution in [1.82, 2.24) is 29.5 Å². The number of hydrogen-bond acceptors (Lipinski definition) is 10. The Bertz CT molecular complexity index is 3030. The average molecular weight is 819 g/mol. The van der Waals surface area contributed by atoms with Gasteiger partial charge in [-0.3, -0.25) is 19.8 Å². The summed E-state index contributed by atoms with van der Waals surface area (Å²) in [6, 6.07) is 16.7. The molecular weight excluding hydrogens is 775 g/mol. The summed E-state index contributed by atoms with van der Waals surface area (Å²) in [5.41, 5.74) is 1.91. The molecule has 0 saturated heterocycles. The van der Waals surface area contributed by atoms with Crippen LogP contribution in [0.2, 0.25) is 0 Å². The van der Waals surface area contributed by atoms with Gasteiger partial charge in [0.15, 0.2) is 23.0 Å². The zero-order valence-corrected chi connectivity index (χ0v) is 34.0. The number of anilines is 3. The Kier molecular flexibility index (Phi) is 10.8. The van der Waals surface area contributed by atoms with Crippen LogP contribution < -0.4 is 40.3 Å². The molecule has 16 heteroatoms. The molecule has 8 aromatic rings. The standard InChI is InChI=1S/C44H44F2N8O6/c1-7-9-15-47-41-37-39(29-20-33(57-3)35(59-5)22-31(29)48-41)50-54(43(37)55)28-18-25(46)17-27(19-28)52(16-10-8-2)42-38-40(30-21-34(58-4)36(60-6)23-32(30)49-42)51-53(44(38)56)26-13-11-24(45)12-14-26/h11-14,17-23,50-51H,7-10,15-16H2,1-6H3,(H,47,48). The minimum absolute atomic E-state index is 0.196. The van der Waals surface area contributed by atoms with E-state index >= 15 is 4.39 Å². The Hall–Kier alpha value is -7.10. The summed E-state index contributed by atoms with van der Waals surface area (Å²) >= 11 is 0. The Morgan fingerprint density at radius 3 is 1.80 bits per heavy atom. The first-order valence-electron chi connectivity index (χ1n) is 19.6. The molecule has 4 heterocycles. The minimum atomic E-state index is -0.633. The number of methoxy groups -OCH3 is 4. The zero-order chi connectivity index (χ0) is 42.2. The van der Waals surface area contributed by atoms with E-state index in [4.69, 9.17) is 28.9 Å². The lowest BCUT2D eigenvalue weighted by Gasteiger charge is -2.25. The fourth-order valence-electron chi connectivity index (χ4n) is 7.54. The van der Waals surface area contributed by atoms with Gasteiger partial charge in [0.25, 0.3) is 11.1 Å². The van der Waals surface area contributed by atoms with E-state index in [1.165, 1.54) is 74.2 Å². The molecule has 0 atom stereocenters. The summed E-state index contributed by atoms with van der Waals surface area (Å²) in [5, 5.41) is 11.4. The first kappa shape index (κ1) is 39.7. The summed E-state index contributed by atoms with van der Waals surface area (Å²) in [4.78, 5) is 40.7. The number of hydrogen-bond donors (Lipinski definition) is 3. The van der Waals surface area contributed by atoms with Gasteiger partial charge >= 0.3 is 0 Å². The molecule has 310 valence electrons. The van der Waals surface area contributed by atoms with Crippen LogP contribution in [-0.2, 0) is 0 Å². The lowest BCUT2D eigenvalue weighted by Crippen LogP contribution is -2.23. The maximum atomic E-state index is 16.1. The van der Waals surface area contributed by atoms with Crippen LogP contribution in [0.3, 0.4) is 0 Å². The maximum Gasteiger partial charge on any atom is 0.282 e. The van der Waals surface area contributed by atoms with Gasteiger partial charge in [0, 0.05) is 41.7 Å². The predicted molar refractivity (Wildman–Crippen MR) is 230 cm³/mol. The number of nitrogens with one attached hydrogen (secondary N) is 3. The summed E-state index contributed by atoms with van der Waals surface area (Å²) in [5.74, 6) is 1.27. The topological polar surface area (TPSA) is 154 Å². The van der Waals surface area contributed by atoms with Crippen molar-refractivity contribution in [1.29, 1.82) is 0 Å². The third kappa shape index (κ3) is 6.86. The summed E-state index contributed by atoms with van der Waals surface area (Å²) in [6.45, 7) is 4.99. The van der Waals surface area contributed by atoms with Gasteiger partial charge in [-0.15, -0.1) is 0 Å². The molecule has 4 aromatic heterocycles. The Morgan fingerprint density at radius 2 is 1.20 bits per heavy atom. The Labute approximate surface area is 342 Å². The first-order valence-corrected chi connectivity index (χ1v) is 19.6. The molecule has 0 bridgehead atoms. The number of unbranched alkanes of at least 4 members (excludes halogenated alkanes) is 2. The number of H-pyrrole nitrogens is 2. The van der Waals surface area contributed by atoms with E-state index in [0.29, 0.717) is 92.5 Å². The van der Waals surface area contributed by atoms with Crippen molar-refractivity contribution in [2.24, 2.45) is 0 Å². The van der Waals surface area contributed by atoms with Crippen molar-refractivity contribution < 1.29 is 27.7 Å². The van der Waals surface area contributed by atoms with E-state index in [9.17, 15) is 14.0 Å². The number of ether oxygens (including phenoxy) is 4. The van der Waals surface area contributed by atoms with Crippen LogP contribution in [0.25, 0.3) is 55.0 Å². The van der Waals surface area contributed by atoms with E-state index in [2.05, 4.69) is 22.4 Å². The minimum Gasteiger partial charge on any atom is -0.493 e. The number of halogens is 2. The van der Waals surface area contributed by atoms with Crippen molar-refractivity contribution in [2.45, 2.75) is 39.5 Å². The molecule has 14 nitrogen and oxygen atoms in total. The average Bonchev–Trinajstić information content (AvgIpc) is 3.80. The molecule has 0 amide bonds. The van der Waals surface area contributed by atoms with E-state index < -0.39 is 22.8 Å². The lowest BCUT2D eigenvalue weighted by atomic mass is 10.1. The Balaban J connectivity index is 1.37. The van der Waals surface area contributed by atoms with Gasteiger partial charge in [0.05, 0.1) is 61.9 Å². The van der Waals surface area contributed by atoms with Crippen molar-refractivity contribution in [3.8, 4) is 34.4 Å². The van der Waals surface area contributed by atoms with Crippen molar-refractivity contribution in [3.05, 3.63) is 99.1 Å². The second kappa shape index (κ2) is 16.3. The summed E-state index contributed by atoms with van der Waals surface area (Å²) < 4.78 is 55.1. The SMILES string of the molecule is CCCCNc1nc2cc(OC)c(OC)cc2c2[nH]n(-c3cc(F)cc(N(CCCC)c4nc5cc(OC)c(OC)cc5c5[nH]n(-c6ccc(F)cc6)c(=O)c45)c3)c(=O)c12. The zero-order valence-electron chi connectivity index (χ0n) is 34.0. The molecule has 0 aliphatic rings. The number of aromatic nitrogens is 6. The second-order valence-electron chi connectivity index (χ2n) is 14.3. The van der Waals surface area contributed by atoms with Gasteiger partial charge in [0.2, 0.25) is 0 Å². The predicted octanol–water partition coefficient (Wildman–Crippen LogP) is 8.51. The number of benzene rings is 4. The fraction of sp³-hybridized carbons (Fsp3) is 0.273. The summed E-state index contributed by atoms with van der Waals surface area (Å²) in [6.07, 6.45) is 3.17. The van der Waals surface area contributed by atoms with Crippen LogP contribution in [0.4, 0.5) is 26.1 Å². The van der Waals surface area contributed by atoms with Crippen LogP contribution in [0.5, 0.6) is 23.0 Å². The fourth-order valence-corrected chi connectivity index (χ4v) is 7.54. The quantitative estimate of drug-likeness (QED) is 0.0859. The summed E-state index contributed by atoms with van der Waals surface area (Å²) in [7, 11) is 6.09. The second-order valence-corrected chi connectivity index (χ2v) is 14.3. The van der Waals surface area contributed by atoms with Crippen molar-refractivity contribution in [2.75, 3.05) is 51.7 Å². The molecule has 0 saturated carbocycles. The smallest absolute Gasteiger partial charge is 0.282 e. The molecule has 0 aliphatic heterocycles. The third-order valence-electron chi connectivity index (χ3n) is 10.6. The van der Waals surface area contributed by atoms with Crippen LogP contribution in [0.1, 0.15) is 39.5 Å². The van der Waals surface area contributed by atoms with Crippen LogP contribution >= 0.6 is 0 Å². The third-order valence-corrected chi connectivity index (χ3v) is 10.6. The molecule has 8 rings (SSSR count). The highest BCUT2D eigenvalue weighted by Gasteiger charge is 2.26. The number of fused-ring (bicyclic) bond motifs is 6. The molecule has 4 aromatic carbocycles. The van der Waals surface area contributed by atoms with Crippen LogP contribution in [0, 0.1) is 11.6 Å². The van der Waals surface area contributed by atoms with E-state index in [-0.39, 0.29) is 22.3 Å². The first-order chi connectivity index (χ1) is 29.1. The molecule has 0 spiro atoms. The van der Waals surface area contributed by atoms with Crippen molar-refractivity contribution in [3.63, 3.8) is 0 Å². The van der Waals surface area contributed by atoms with Gasteiger partial charge in [0.1, 0.15) is 34.0 Å².